The van der Waals surface area contributed by atoms with Crippen molar-refractivity contribution in [3.8, 4) is 34.2 Å². The number of nitrogens with zero attached hydrogens (tertiary/aromatic N) is 3. The summed E-state index contributed by atoms with van der Waals surface area (Å²) in [5.74, 6) is 1.76. The molecule has 0 atom stereocenters. The van der Waals surface area contributed by atoms with E-state index in [-0.39, 0.29) is 0 Å². The number of fused-ring (bicyclic) bond motifs is 11. The second-order valence-corrected chi connectivity index (χ2v) is 11.5. The molecule has 10 rings (SSSR count). The van der Waals surface area contributed by atoms with Gasteiger partial charge in [0.2, 0.25) is 0 Å². The van der Waals surface area contributed by atoms with Crippen molar-refractivity contribution in [2.75, 3.05) is 0 Å². The van der Waals surface area contributed by atoms with Gasteiger partial charge in [0, 0.05) is 43.6 Å². The summed E-state index contributed by atoms with van der Waals surface area (Å²) in [6, 6.07) is 47.3. The molecule has 3 heterocycles. The van der Waals surface area contributed by atoms with Gasteiger partial charge in [0.25, 0.3) is 0 Å². The first-order chi connectivity index (χ1) is 22.8. The third kappa shape index (κ3) is 3.60. The van der Waals surface area contributed by atoms with Crippen LogP contribution in [0, 0.1) is 0 Å². The van der Waals surface area contributed by atoms with Crippen LogP contribution in [0.5, 0.6) is 0 Å². The van der Waals surface area contributed by atoms with E-state index in [2.05, 4.69) is 66.7 Å². The molecule has 0 aliphatic carbocycles. The first kappa shape index (κ1) is 25.0. The fraction of sp³-hybridized carbons (Fsp3) is 0. The molecule has 46 heavy (non-hydrogen) atoms. The standard InChI is InChI=1S/C41H23N3O2/c1-2-12-24(13-3-1)39-42-40(30-20-11-23-34-35(30)28-16-6-8-21-32(28)45-34)44-41(43-39)31-19-10-18-27-25-14-4-5-15-26(25)36-29-17-7-9-22-33(29)46-38(36)37(27)31/h1-23H. The fourth-order valence-corrected chi connectivity index (χ4v) is 6.93. The molecular formula is C41H23N3O2. The van der Waals surface area contributed by atoms with Gasteiger partial charge in [-0.15, -0.1) is 0 Å². The second kappa shape index (κ2) is 9.58. The lowest BCUT2D eigenvalue weighted by molar-refractivity contribution is 0.669. The Morgan fingerprint density at radius 1 is 0.326 bits per heavy atom. The summed E-state index contributed by atoms with van der Waals surface area (Å²) >= 11 is 0. The number of hydrogen-bond donors (Lipinski definition) is 0. The lowest BCUT2D eigenvalue weighted by Gasteiger charge is -2.13. The molecule has 0 aliphatic rings. The normalized spacial score (nSPS) is 11.9. The van der Waals surface area contributed by atoms with Crippen molar-refractivity contribution < 1.29 is 8.83 Å². The van der Waals surface area contributed by atoms with E-state index in [4.69, 9.17) is 23.8 Å². The molecule has 0 unspecified atom stereocenters. The van der Waals surface area contributed by atoms with Crippen LogP contribution in [0.15, 0.2) is 148 Å². The van der Waals surface area contributed by atoms with Gasteiger partial charge in [0.05, 0.1) is 0 Å². The highest BCUT2D eigenvalue weighted by Crippen LogP contribution is 2.44. The quantitative estimate of drug-likeness (QED) is 0.192. The lowest BCUT2D eigenvalue weighted by atomic mass is 9.94. The van der Waals surface area contributed by atoms with Gasteiger partial charge in [-0.25, -0.2) is 15.0 Å². The van der Waals surface area contributed by atoms with E-state index in [1.54, 1.807) is 0 Å². The zero-order valence-corrected chi connectivity index (χ0v) is 24.4. The first-order valence-corrected chi connectivity index (χ1v) is 15.3. The van der Waals surface area contributed by atoms with Gasteiger partial charge in [-0.2, -0.15) is 0 Å². The van der Waals surface area contributed by atoms with Crippen molar-refractivity contribution in [1.82, 2.24) is 15.0 Å². The summed E-state index contributed by atoms with van der Waals surface area (Å²) in [4.78, 5) is 15.4. The first-order valence-electron chi connectivity index (χ1n) is 15.3. The molecule has 0 fully saturated rings. The molecule has 214 valence electrons. The minimum absolute atomic E-state index is 0.580. The summed E-state index contributed by atoms with van der Waals surface area (Å²) in [5, 5.41) is 8.58. The summed E-state index contributed by atoms with van der Waals surface area (Å²) in [5.41, 5.74) is 6.00. The molecule has 0 aliphatic heterocycles. The van der Waals surface area contributed by atoms with E-state index in [1.807, 2.05) is 72.8 Å². The average molecular weight is 590 g/mol. The number of hydrogen-bond acceptors (Lipinski definition) is 5. The predicted molar refractivity (Wildman–Crippen MR) is 186 cm³/mol. The third-order valence-corrected chi connectivity index (χ3v) is 8.93. The van der Waals surface area contributed by atoms with Gasteiger partial charge in [-0.05, 0) is 34.4 Å². The van der Waals surface area contributed by atoms with Crippen molar-refractivity contribution in [3.05, 3.63) is 140 Å². The molecule has 0 radical (unpaired) electrons. The van der Waals surface area contributed by atoms with Crippen LogP contribution in [-0.2, 0) is 0 Å². The van der Waals surface area contributed by atoms with Crippen molar-refractivity contribution in [1.29, 1.82) is 0 Å². The number of para-hydroxylation sites is 2. The predicted octanol–water partition coefficient (Wildman–Crippen LogP) is 11.0. The Morgan fingerprint density at radius 3 is 1.59 bits per heavy atom. The molecular weight excluding hydrogens is 566 g/mol. The van der Waals surface area contributed by atoms with Crippen molar-refractivity contribution >= 4 is 65.4 Å². The van der Waals surface area contributed by atoms with Crippen LogP contribution in [0.2, 0.25) is 0 Å². The van der Waals surface area contributed by atoms with E-state index < -0.39 is 0 Å². The summed E-state index contributed by atoms with van der Waals surface area (Å²) in [6.07, 6.45) is 0. The van der Waals surface area contributed by atoms with E-state index in [0.29, 0.717) is 17.5 Å². The van der Waals surface area contributed by atoms with E-state index in [9.17, 15) is 0 Å². The monoisotopic (exact) mass is 589 g/mol. The highest BCUT2D eigenvalue weighted by atomic mass is 16.3. The second-order valence-electron chi connectivity index (χ2n) is 11.5. The molecule has 0 saturated carbocycles. The van der Waals surface area contributed by atoms with Gasteiger partial charge in [0.15, 0.2) is 17.5 Å². The van der Waals surface area contributed by atoms with Crippen LogP contribution in [0.4, 0.5) is 0 Å². The summed E-state index contributed by atoms with van der Waals surface area (Å²) in [7, 11) is 0. The molecule has 5 heteroatoms. The Bertz CT molecular complexity index is 2810. The molecule has 0 saturated heterocycles. The van der Waals surface area contributed by atoms with Crippen molar-refractivity contribution in [3.63, 3.8) is 0 Å². The van der Waals surface area contributed by atoms with Gasteiger partial charge in [0.1, 0.15) is 22.3 Å². The maximum absolute atomic E-state index is 6.68. The Morgan fingerprint density at radius 2 is 0.826 bits per heavy atom. The van der Waals surface area contributed by atoms with Crippen LogP contribution in [-0.4, -0.2) is 15.0 Å². The largest absolute Gasteiger partial charge is 0.456 e. The molecule has 0 spiro atoms. The minimum atomic E-state index is 0.580. The van der Waals surface area contributed by atoms with Crippen molar-refractivity contribution in [2.45, 2.75) is 0 Å². The number of furan rings is 2. The Hall–Kier alpha value is -6.33. The van der Waals surface area contributed by atoms with Crippen LogP contribution in [0.1, 0.15) is 0 Å². The Balaban J connectivity index is 1.34. The van der Waals surface area contributed by atoms with Gasteiger partial charge >= 0.3 is 0 Å². The van der Waals surface area contributed by atoms with E-state index in [1.165, 1.54) is 0 Å². The third-order valence-electron chi connectivity index (χ3n) is 8.93. The van der Waals surface area contributed by atoms with Crippen LogP contribution < -0.4 is 0 Å². The van der Waals surface area contributed by atoms with Crippen LogP contribution in [0.25, 0.3) is 99.6 Å². The SMILES string of the molecule is c1ccc(-c2nc(-c3cccc4oc5ccccc5c34)nc(-c3cccc4c5ccccc5c5c6ccccc6oc5c34)n2)cc1. The number of aromatic nitrogens is 3. The van der Waals surface area contributed by atoms with Gasteiger partial charge < -0.3 is 8.83 Å². The van der Waals surface area contributed by atoms with Gasteiger partial charge in [-0.3, -0.25) is 0 Å². The minimum Gasteiger partial charge on any atom is -0.456 e. The zero-order chi connectivity index (χ0) is 30.2. The molecule has 0 bridgehead atoms. The summed E-state index contributed by atoms with van der Waals surface area (Å²) < 4.78 is 12.9. The molecule has 10 aromatic rings. The zero-order valence-electron chi connectivity index (χ0n) is 24.4. The Kier molecular flexibility index (Phi) is 5.22. The van der Waals surface area contributed by atoms with Gasteiger partial charge in [-0.1, -0.05) is 121 Å². The Labute approximate surface area is 262 Å². The molecule has 0 amide bonds. The number of rotatable bonds is 3. The van der Waals surface area contributed by atoms with Crippen molar-refractivity contribution in [2.24, 2.45) is 0 Å². The molecule has 7 aromatic carbocycles. The fourth-order valence-electron chi connectivity index (χ4n) is 6.93. The lowest BCUT2D eigenvalue weighted by Crippen LogP contribution is -2.01. The molecule has 0 N–H and O–H groups in total. The van der Waals surface area contributed by atoms with E-state index >= 15 is 0 Å². The maximum atomic E-state index is 6.68. The van der Waals surface area contributed by atoms with Crippen LogP contribution >= 0.6 is 0 Å². The summed E-state index contributed by atoms with van der Waals surface area (Å²) in [6.45, 7) is 0. The highest BCUT2D eigenvalue weighted by molar-refractivity contribution is 6.32. The smallest absolute Gasteiger partial charge is 0.164 e. The topological polar surface area (TPSA) is 65.0 Å². The number of benzene rings is 7. The highest BCUT2D eigenvalue weighted by Gasteiger charge is 2.22. The maximum Gasteiger partial charge on any atom is 0.164 e. The average Bonchev–Trinajstić information content (AvgIpc) is 3.71. The van der Waals surface area contributed by atoms with Crippen LogP contribution in [0.3, 0.4) is 0 Å². The van der Waals surface area contributed by atoms with E-state index in [0.717, 1.165) is 82.1 Å². The molecule has 3 aromatic heterocycles. The molecule has 5 nitrogen and oxygen atoms in total.